The van der Waals surface area contributed by atoms with Gasteiger partial charge in [-0.05, 0) is 30.0 Å². The van der Waals surface area contributed by atoms with E-state index in [1.54, 1.807) is 6.07 Å². The Bertz CT molecular complexity index is 584. The van der Waals surface area contributed by atoms with Gasteiger partial charge in [0.2, 0.25) is 0 Å². The highest BCUT2D eigenvalue weighted by Gasteiger charge is 2.03. The van der Waals surface area contributed by atoms with Gasteiger partial charge in [0.25, 0.3) is 0 Å². The first-order valence-electron chi connectivity index (χ1n) is 6.32. The fraction of sp³-hybridized carbons (Fsp3) is 0.267. The van der Waals surface area contributed by atoms with Crippen LogP contribution in [0.4, 0.5) is 11.5 Å². The topological polar surface area (TPSA) is 61.6 Å². The number of benzene rings is 1. The molecule has 1 N–H and O–H groups in total. The van der Waals surface area contributed by atoms with Gasteiger partial charge in [0.1, 0.15) is 23.9 Å². The fourth-order valence-corrected chi connectivity index (χ4v) is 1.77. The Hall–Kier alpha value is -2.41. The molecule has 1 aromatic heterocycles. The van der Waals surface area contributed by atoms with E-state index in [1.807, 2.05) is 18.2 Å². The van der Waals surface area contributed by atoms with Gasteiger partial charge in [-0.1, -0.05) is 26.0 Å². The highest BCUT2D eigenvalue weighted by atomic mass is 15.0. The number of anilines is 2. The molecular formula is C15H16N4. The monoisotopic (exact) mass is 252 g/mol. The lowest BCUT2D eigenvalue weighted by atomic mass is 9.99. The van der Waals surface area contributed by atoms with Gasteiger partial charge in [-0.3, -0.25) is 0 Å². The standard InChI is InChI=1S/C15H16N4/c1-3-11(2)12-4-6-13(7-5-12)19-15-8-14(9-16)17-10-18-15/h4-8,10-11H,3H2,1-2H3,(H,17,18,19). The summed E-state index contributed by atoms with van der Waals surface area (Å²) in [4.78, 5) is 7.92. The Morgan fingerprint density at radius 2 is 2.00 bits per heavy atom. The molecule has 0 aliphatic carbocycles. The van der Waals surface area contributed by atoms with Gasteiger partial charge in [0, 0.05) is 11.8 Å². The van der Waals surface area contributed by atoms with E-state index >= 15 is 0 Å². The van der Waals surface area contributed by atoms with Gasteiger partial charge in [-0.2, -0.15) is 5.26 Å². The Kier molecular flexibility index (Phi) is 4.09. The molecule has 0 saturated carbocycles. The fourth-order valence-electron chi connectivity index (χ4n) is 1.77. The SMILES string of the molecule is CCC(C)c1ccc(Nc2cc(C#N)ncn2)cc1. The minimum atomic E-state index is 0.355. The Labute approximate surface area is 113 Å². The van der Waals surface area contributed by atoms with Crippen molar-refractivity contribution in [3.63, 3.8) is 0 Å². The summed E-state index contributed by atoms with van der Waals surface area (Å²) in [6, 6.07) is 11.9. The predicted molar refractivity (Wildman–Crippen MR) is 75.2 cm³/mol. The summed E-state index contributed by atoms with van der Waals surface area (Å²) in [5, 5.41) is 11.9. The lowest BCUT2D eigenvalue weighted by Gasteiger charge is -2.10. The molecule has 1 atom stereocenters. The molecule has 4 heteroatoms. The van der Waals surface area contributed by atoms with Crippen molar-refractivity contribution in [2.24, 2.45) is 0 Å². The first-order valence-corrected chi connectivity index (χ1v) is 6.32. The summed E-state index contributed by atoms with van der Waals surface area (Å²) in [5.74, 6) is 1.20. The van der Waals surface area contributed by atoms with Crippen molar-refractivity contribution >= 4 is 11.5 Å². The summed E-state index contributed by atoms with van der Waals surface area (Å²) in [5.41, 5.74) is 2.64. The highest BCUT2D eigenvalue weighted by Crippen LogP contribution is 2.21. The van der Waals surface area contributed by atoms with Gasteiger partial charge >= 0.3 is 0 Å². The van der Waals surface area contributed by atoms with Crippen molar-refractivity contribution in [2.75, 3.05) is 5.32 Å². The van der Waals surface area contributed by atoms with Crippen LogP contribution in [0.25, 0.3) is 0 Å². The molecule has 96 valence electrons. The van der Waals surface area contributed by atoms with Crippen LogP contribution in [0.1, 0.15) is 37.4 Å². The Morgan fingerprint density at radius 3 is 2.63 bits per heavy atom. The van der Waals surface area contributed by atoms with E-state index in [0.29, 0.717) is 17.4 Å². The van der Waals surface area contributed by atoms with Crippen molar-refractivity contribution in [3.05, 3.63) is 47.9 Å². The van der Waals surface area contributed by atoms with Gasteiger partial charge in [0.15, 0.2) is 0 Å². The van der Waals surface area contributed by atoms with Crippen molar-refractivity contribution in [3.8, 4) is 6.07 Å². The maximum absolute atomic E-state index is 8.78. The average molecular weight is 252 g/mol. The Balaban J connectivity index is 2.13. The molecule has 1 unspecified atom stereocenters. The van der Waals surface area contributed by atoms with Crippen LogP contribution in [0.2, 0.25) is 0 Å². The second-order valence-corrected chi connectivity index (χ2v) is 4.46. The number of hydrogen-bond acceptors (Lipinski definition) is 4. The van der Waals surface area contributed by atoms with E-state index in [9.17, 15) is 0 Å². The van der Waals surface area contributed by atoms with E-state index in [-0.39, 0.29) is 0 Å². The molecule has 0 radical (unpaired) electrons. The van der Waals surface area contributed by atoms with Crippen LogP contribution in [0.5, 0.6) is 0 Å². The van der Waals surface area contributed by atoms with Gasteiger partial charge in [0.05, 0.1) is 0 Å². The smallest absolute Gasteiger partial charge is 0.145 e. The molecule has 0 spiro atoms. The normalized spacial score (nSPS) is 11.6. The number of rotatable bonds is 4. The third-order valence-electron chi connectivity index (χ3n) is 3.15. The minimum Gasteiger partial charge on any atom is -0.340 e. The molecular weight excluding hydrogens is 236 g/mol. The molecule has 0 aliphatic rings. The van der Waals surface area contributed by atoms with E-state index < -0.39 is 0 Å². The third kappa shape index (κ3) is 3.29. The van der Waals surface area contributed by atoms with E-state index in [4.69, 9.17) is 5.26 Å². The molecule has 2 rings (SSSR count). The lowest BCUT2D eigenvalue weighted by molar-refractivity contribution is 0.734. The minimum absolute atomic E-state index is 0.355. The zero-order chi connectivity index (χ0) is 13.7. The Morgan fingerprint density at radius 1 is 1.26 bits per heavy atom. The largest absolute Gasteiger partial charge is 0.340 e. The first kappa shape index (κ1) is 13.0. The van der Waals surface area contributed by atoms with Crippen LogP contribution < -0.4 is 5.32 Å². The van der Waals surface area contributed by atoms with E-state index in [0.717, 1.165) is 12.1 Å². The van der Waals surface area contributed by atoms with Crippen LogP contribution in [0.15, 0.2) is 36.7 Å². The predicted octanol–water partition coefficient (Wildman–Crippen LogP) is 3.61. The lowest BCUT2D eigenvalue weighted by Crippen LogP contribution is -1.96. The maximum Gasteiger partial charge on any atom is 0.145 e. The van der Waals surface area contributed by atoms with Crippen LogP contribution in [-0.4, -0.2) is 9.97 Å². The highest BCUT2D eigenvalue weighted by molar-refractivity contribution is 5.57. The van der Waals surface area contributed by atoms with Gasteiger partial charge < -0.3 is 5.32 Å². The molecule has 0 amide bonds. The summed E-state index contributed by atoms with van der Waals surface area (Å²) in [7, 11) is 0. The summed E-state index contributed by atoms with van der Waals surface area (Å²) in [6.07, 6.45) is 2.51. The first-order chi connectivity index (χ1) is 9.22. The van der Waals surface area contributed by atoms with Crippen molar-refractivity contribution in [2.45, 2.75) is 26.2 Å². The average Bonchev–Trinajstić information content (AvgIpc) is 2.47. The van der Waals surface area contributed by atoms with Crippen molar-refractivity contribution in [1.82, 2.24) is 9.97 Å². The molecule has 1 heterocycles. The number of nitrogens with one attached hydrogen (secondary N) is 1. The van der Waals surface area contributed by atoms with Crippen LogP contribution in [0.3, 0.4) is 0 Å². The second kappa shape index (κ2) is 5.96. The molecule has 4 nitrogen and oxygen atoms in total. The van der Waals surface area contributed by atoms with Gasteiger partial charge in [-0.25, -0.2) is 9.97 Å². The van der Waals surface area contributed by atoms with Crippen molar-refractivity contribution in [1.29, 1.82) is 5.26 Å². The van der Waals surface area contributed by atoms with E-state index in [1.165, 1.54) is 11.9 Å². The zero-order valence-corrected chi connectivity index (χ0v) is 11.1. The summed E-state index contributed by atoms with van der Waals surface area (Å²) >= 11 is 0. The molecule has 0 bridgehead atoms. The summed E-state index contributed by atoms with van der Waals surface area (Å²) in [6.45, 7) is 4.40. The number of nitrogens with zero attached hydrogens (tertiary/aromatic N) is 3. The zero-order valence-electron chi connectivity index (χ0n) is 11.1. The number of nitriles is 1. The number of hydrogen-bond donors (Lipinski definition) is 1. The van der Waals surface area contributed by atoms with Crippen LogP contribution in [0, 0.1) is 11.3 Å². The van der Waals surface area contributed by atoms with E-state index in [2.05, 4.69) is 41.3 Å². The maximum atomic E-state index is 8.78. The van der Waals surface area contributed by atoms with Crippen molar-refractivity contribution < 1.29 is 0 Å². The number of aromatic nitrogens is 2. The second-order valence-electron chi connectivity index (χ2n) is 4.46. The molecule has 1 aromatic carbocycles. The van der Waals surface area contributed by atoms with Gasteiger partial charge in [-0.15, -0.1) is 0 Å². The molecule has 19 heavy (non-hydrogen) atoms. The third-order valence-corrected chi connectivity index (χ3v) is 3.15. The van der Waals surface area contributed by atoms with Crippen LogP contribution >= 0.6 is 0 Å². The molecule has 0 fully saturated rings. The summed E-state index contributed by atoms with van der Waals surface area (Å²) < 4.78 is 0. The molecule has 0 aliphatic heterocycles. The van der Waals surface area contributed by atoms with Crippen LogP contribution in [-0.2, 0) is 0 Å². The molecule has 0 saturated heterocycles. The quantitative estimate of drug-likeness (QED) is 0.903. The molecule has 2 aromatic rings.